The molecule has 1 aromatic rings. The monoisotopic (exact) mass is 331 g/mol. The van der Waals surface area contributed by atoms with Crippen LogP contribution in [0.15, 0.2) is 21.5 Å². The molecule has 1 aliphatic rings. The highest BCUT2D eigenvalue weighted by Crippen LogP contribution is 2.28. The Balaban J connectivity index is 2.22. The summed E-state index contributed by atoms with van der Waals surface area (Å²) in [7, 11) is -3.65. The van der Waals surface area contributed by atoms with E-state index < -0.39 is 16.1 Å². The number of sulfonamides is 1. The standard InChI is InChI=1S/C13H21N3O3S2/c1-9-7-8-11(20-9)21(18,19)16-12(13(14)15-17)10-5-3-2-4-6-10/h7-8,10,12,16-17H,2-6H2,1H3,(H2,14,15). The summed E-state index contributed by atoms with van der Waals surface area (Å²) in [5.74, 6) is 0.00392. The second kappa shape index (κ2) is 6.76. The molecule has 1 saturated carbocycles. The van der Waals surface area contributed by atoms with Crippen LogP contribution in [0, 0.1) is 12.8 Å². The minimum atomic E-state index is -3.65. The van der Waals surface area contributed by atoms with Crippen molar-refractivity contribution in [3.05, 3.63) is 17.0 Å². The number of nitrogens with one attached hydrogen (secondary N) is 1. The molecule has 0 amide bonds. The first-order valence-corrected chi connectivity index (χ1v) is 9.30. The topological polar surface area (TPSA) is 105 Å². The molecule has 0 bridgehead atoms. The molecule has 118 valence electrons. The van der Waals surface area contributed by atoms with Gasteiger partial charge in [0.15, 0.2) is 5.84 Å². The van der Waals surface area contributed by atoms with Gasteiger partial charge in [0.1, 0.15) is 4.21 Å². The van der Waals surface area contributed by atoms with E-state index in [4.69, 9.17) is 10.9 Å². The Labute approximate surface area is 129 Å². The zero-order valence-electron chi connectivity index (χ0n) is 11.9. The molecule has 6 nitrogen and oxygen atoms in total. The van der Waals surface area contributed by atoms with Gasteiger partial charge in [0.2, 0.25) is 0 Å². The van der Waals surface area contributed by atoms with E-state index in [9.17, 15) is 8.42 Å². The van der Waals surface area contributed by atoms with E-state index in [-0.39, 0.29) is 16.0 Å². The summed E-state index contributed by atoms with van der Waals surface area (Å²) >= 11 is 1.21. The molecule has 8 heteroatoms. The van der Waals surface area contributed by atoms with Gasteiger partial charge < -0.3 is 10.9 Å². The third-order valence-corrected chi connectivity index (χ3v) is 6.75. The highest BCUT2D eigenvalue weighted by Gasteiger charge is 2.31. The molecule has 1 aliphatic carbocycles. The Morgan fingerprint density at radius 2 is 2.10 bits per heavy atom. The fourth-order valence-corrected chi connectivity index (χ4v) is 5.29. The van der Waals surface area contributed by atoms with E-state index in [0.717, 1.165) is 37.0 Å². The Bertz CT molecular complexity index is 604. The molecule has 2 rings (SSSR count). The number of rotatable bonds is 5. The number of thiophene rings is 1. The number of hydrogen-bond acceptors (Lipinski definition) is 5. The molecule has 21 heavy (non-hydrogen) atoms. The van der Waals surface area contributed by atoms with Crippen LogP contribution in [0.3, 0.4) is 0 Å². The second-order valence-corrected chi connectivity index (χ2v) is 8.62. The molecule has 1 unspecified atom stereocenters. The van der Waals surface area contributed by atoms with Gasteiger partial charge in [0, 0.05) is 4.88 Å². The van der Waals surface area contributed by atoms with Crippen molar-refractivity contribution >= 4 is 27.2 Å². The molecule has 1 atom stereocenters. The van der Waals surface area contributed by atoms with Crippen LogP contribution in [0.4, 0.5) is 0 Å². The summed E-state index contributed by atoms with van der Waals surface area (Å²) in [5, 5.41) is 12.0. The van der Waals surface area contributed by atoms with Gasteiger partial charge in [-0.15, -0.1) is 11.3 Å². The van der Waals surface area contributed by atoms with E-state index in [2.05, 4.69) is 9.88 Å². The number of hydrogen-bond donors (Lipinski definition) is 3. The predicted octanol–water partition coefficient (Wildman–Crippen LogP) is 2.03. The normalized spacial score (nSPS) is 19.6. The second-order valence-electron chi connectivity index (χ2n) is 5.39. The first-order chi connectivity index (χ1) is 9.94. The fraction of sp³-hybridized carbons (Fsp3) is 0.615. The van der Waals surface area contributed by atoms with Gasteiger partial charge in [-0.05, 0) is 37.8 Å². The molecule has 0 radical (unpaired) electrons. The van der Waals surface area contributed by atoms with Gasteiger partial charge in [-0.3, -0.25) is 0 Å². The fourth-order valence-electron chi connectivity index (χ4n) is 2.71. The van der Waals surface area contributed by atoms with E-state index in [0.29, 0.717) is 0 Å². The summed E-state index contributed by atoms with van der Waals surface area (Å²) in [6.45, 7) is 1.85. The van der Waals surface area contributed by atoms with Gasteiger partial charge in [-0.1, -0.05) is 24.4 Å². The van der Waals surface area contributed by atoms with E-state index in [1.54, 1.807) is 12.1 Å². The maximum absolute atomic E-state index is 12.4. The van der Waals surface area contributed by atoms with Crippen LogP contribution >= 0.6 is 11.3 Å². The van der Waals surface area contributed by atoms with Crippen LogP contribution in [0.1, 0.15) is 37.0 Å². The average Bonchev–Trinajstić information content (AvgIpc) is 2.92. The Morgan fingerprint density at radius 3 is 2.62 bits per heavy atom. The Kier molecular flexibility index (Phi) is 5.23. The first kappa shape index (κ1) is 16.3. The number of amidine groups is 1. The summed E-state index contributed by atoms with van der Waals surface area (Å²) in [6, 6.07) is 2.69. The zero-order chi connectivity index (χ0) is 15.5. The maximum atomic E-state index is 12.4. The number of nitrogens with two attached hydrogens (primary N) is 1. The highest BCUT2D eigenvalue weighted by atomic mass is 32.2. The largest absolute Gasteiger partial charge is 0.409 e. The third-order valence-electron chi connectivity index (χ3n) is 3.82. The first-order valence-electron chi connectivity index (χ1n) is 7.00. The van der Waals surface area contributed by atoms with Crippen molar-refractivity contribution in [3.8, 4) is 0 Å². The van der Waals surface area contributed by atoms with Gasteiger partial charge in [0.25, 0.3) is 10.0 Å². The van der Waals surface area contributed by atoms with E-state index in [1.807, 2.05) is 6.92 Å². The summed E-state index contributed by atoms with van der Waals surface area (Å²) in [4.78, 5) is 0.924. The van der Waals surface area contributed by atoms with Gasteiger partial charge in [-0.25, -0.2) is 8.42 Å². The minimum Gasteiger partial charge on any atom is -0.409 e. The smallest absolute Gasteiger partial charge is 0.250 e. The van der Waals surface area contributed by atoms with Crippen LogP contribution in [-0.4, -0.2) is 25.5 Å². The van der Waals surface area contributed by atoms with Crippen molar-refractivity contribution < 1.29 is 13.6 Å². The number of oxime groups is 1. The molecule has 0 saturated heterocycles. The summed E-state index contributed by atoms with van der Waals surface area (Å²) in [5.41, 5.74) is 5.71. The molecule has 0 aromatic carbocycles. The quantitative estimate of drug-likeness (QED) is 0.332. The molecule has 4 N–H and O–H groups in total. The zero-order valence-corrected chi connectivity index (χ0v) is 13.6. The average molecular weight is 331 g/mol. The lowest BCUT2D eigenvalue weighted by atomic mass is 9.84. The lowest BCUT2D eigenvalue weighted by molar-refractivity contribution is 0.297. The van der Waals surface area contributed by atoms with E-state index >= 15 is 0 Å². The molecule has 1 fully saturated rings. The number of nitrogens with zero attached hydrogens (tertiary/aromatic N) is 1. The molecule has 1 heterocycles. The van der Waals surface area contributed by atoms with Crippen molar-refractivity contribution in [3.63, 3.8) is 0 Å². The van der Waals surface area contributed by atoms with Crippen LogP contribution < -0.4 is 10.5 Å². The molecular formula is C13H21N3O3S2. The SMILES string of the molecule is Cc1ccc(S(=O)(=O)NC(/C(N)=N/O)C2CCCCC2)s1. The Hall–Kier alpha value is -1.12. The van der Waals surface area contributed by atoms with Crippen LogP contribution in [0.25, 0.3) is 0 Å². The Morgan fingerprint density at radius 1 is 1.43 bits per heavy atom. The third kappa shape index (κ3) is 3.96. The van der Waals surface area contributed by atoms with Crippen molar-refractivity contribution in [2.24, 2.45) is 16.8 Å². The molecule has 0 spiro atoms. The van der Waals surface area contributed by atoms with Crippen molar-refractivity contribution in [2.75, 3.05) is 0 Å². The highest BCUT2D eigenvalue weighted by molar-refractivity contribution is 7.91. The number of aryl methyl sites for hydroxylation is 1. The van der Waals surface area contributed by atoms with Crippen LogP contribution in [-0.2, 0) is 10.0 Å². The van der Waals surface area contributed by atoms with Gasteiger partial charge in [0.05, 0.1) is 6.04 Å². The molecule has 0 aliphatic heterocycles. The van der Waals surface area contributed by atoms with Crippen LogP contribution in [0.5, 0.6) is 0 Å². The van der Waals surface area contributed by atoms with E-state index in [1.165, 1.54) is 11.3 Å². The summed E-state index contributed by atoms with van der Waals surface area (Å²) in [6.07, 6.45) is 5.00. The van der Waals surface area contributed by atoms with Crippen LogP contribution in [0.2, 0.25) is 0 Å². The lowest BCUT2D eigenvalue weighted by Gasteiger charge is -2.29. The predicted molar refractivity (Wildman–Crippen MR) is 83.1 cm³/mol. The van der Waals surface area contributed by atoms with Gasteiger partial charge in [-0.2, -0.15) is 4.72 Å². The maximum Gasteiger partial charge on any atom is 0.250 e. The van der Waals surface area contributed by atoms with Gasteiger partial charge >= 0.3 is 0 Å². The molecule has 1 aromatic heterocycles. The van der Waals surface area contributed by atoms with Crippen molar-refractivity contribution in [1.29, 1.82) is 0 Å². The lowest BCUT2D eigenvalue weighted by Crippen LogP contribution is -2.49. The minimum absolute atomic E-state index is 0.0706. The van der Waals surface area contributed by atoms with Crippen molar-refractivity contribution in [2.45, 2.75) is 49.3 Å². The van der Waals surface area contributed by atoms with Crippen molar-refractivity contribution in [1.82, 2.24) is 4.72 Å². The molecular weight excluding hydrogens is 310 g/mol. The summed E-state index contributed by atoms with van der Waals surface area (Å²) < 4.78 is 27.7.